The van der Waals surface area contributed by atoms with Gasteiger partial charge in [0, 0.05) is 5.54 Å². The van der Waals surface area contributed by atoms with Gasteiger partial charge in [0.15, 0.2) is 0 Å². The average molecular weight is 185 g/mol. The molecule has 13 heavy (non-hydrogen) atoms. The molecular formula is C12H27N. The van der Waals surface area contributed by atoms with Crippen molar-refractivity contribution in [3.8, 4) is 0 Å². The van der Waals surface area contributed by atoms with Crippen LogP contribution in [0.25, 0.3) is 0 Å². The molecule has 0 radical (unpaired) electrons. The zero-order valence-corrected chi connectivity index (χ0v) is 9.90. The van der Waals surface area contributed by atoms with Crippen LogP contribution in [0.2, 0.25) is 0 Å². The van der Waals surface area contributed by atoms with Crippen molar-refractivity contribution in [2.75, 3.05) is 0 Å². The molecule has 0 atom stereocenters. The summed E-state index contributed by atoms with van der Waals surface area (Å²) in [6.07, 6.45) is 7.85. The van der Waals surface area contributed by atoms with E-state index in [0.717, 1.165) is 0 Å². The van der Waals surface area contributed by atoms with Crippen molar-refractivity contribution < 1.29 is 0 Å². The predicted molar refractivity (Wildman–Crippen MR) is 60.8 cm³/mol. The molecule has 0 saturated carbocycles. The molecule has 0 aromatic carbocycles. The summed E-state index contributed by atoms with van der Waals surface area (Å²) in [5, 5.41) is 0. The Hall–Kier alpha value is -0.0400. The first kappa shape index (κ1) is 13.0. The Balaban J connectivity index is 3.88. The van der Waals surface area contributed by atoms with E-state index in [1.165, 1.54) is 38.5 Å². The predicted octanol–water partition coefficient (Wildman–Crippen LogP) is 3.72. The van der Waals surface area contributed by atoms with E-state index in [0.29, 0.717) is 5.92 Å². The van der Waals surface area contributed by atoms with Crippen molar-refractivity contribution in [2.45, 2.75) is 71.8 Å². The van der Waals surface area contributed by atoms with Crippen LogP contribution >= 0.6 is 0 Å². The fourth-order valence-electron chi connectivity index (χ4n) is 1.79. The minimum Gasteiger partial charge on any atom is -0.325 e. The van der Waals surface area contributed by atoms with Crippen molar-refractivity contribution in [2.24, 2.45) is 11.7 Å². The number of nitrogens with two attached hydrogens (primary N) is 1. The molecule has 0 bridgehead atoms. The summed E-state index contributed by atoms with van der Waals surface area (Å²) in [6, 6.07) is 0. The monoisotopic (exact) mass is 185 g/mol. The summed E-state index contributed by atoms with van der Waals surface area (Å²) in [5.41, 5.74) is 6.18. The molecule has 1 nitrogen and oxygen atoms in total. The lowest BCUT2D eigenvalue weighted by molar-refractivity contribution is 0.271. The standard InChI is InChI=1S/C12H27N/c1-5-7-9-11(10-8-6-2)12(3,4)13/h11H,5-10,13H2,1-4H3. The summed E-state index contributed by atoms with van der Waals surface area (Å²) in [7, 11) is 0. The molecule has 0 aromatic rings. The summed E-state index contributed by atoms with van der Waals surface area (Å²) in [5.74, 6) is 0.715. The fourth-order valence-corrected chi connectivity index (χ4v) is 1.79. The van der Waals surface area contributed by atoms with Crippen LogP contribution in [0.5, 0.6) is 0 Å². The van der Waals surface area contributed by atoms with Gasteiger partial charge in [-0.3, -0.25) is 0 Å². The lowest BCUT2D eigenvalue weighted by atomic mass is 9.81. The van der Waals surface area contributed by atoms with Gasteiger partial charge in [-0.2, -0.15) is 0 Å². The van der Waals surface area contributed by atoms with E-state index in [2.05, 4.69) is 27.7 Å². The smallest absolute Gasteiger partial charge is 0.0125 e. The van der Waals surface area contributed by atoms with Gasteiger partial charge < -0.3 is 5.73 Å². The first-order valence-corrected chi connectivity index (χ1v) is 5.81. The lowest BCUT2D eigenvalue weighted by Gasteiger charge is -2.30. The summed E-state index contributed by atoms with van der Waals surface area (Å²) < 4.78 is 0. The highest BCUT2D eigenvalue weighted by Gasteiger charge is 2.23. The Kier molecular flexibility index (Phi) is 6.40. The highest BCUT2D eigenvalue weighted by atomic mass is 14.7. The quantitative estimate of drug-likeness (QED) is 0.642. The summed E-state index contributed by atoms with van der Waals surface area (Å²) in [4.78, 5) is 0. The van der Waals surface area contributed by atoms with E-state index < -0.39 is 0 Å². The maximum atomic E-state index is 6.16. The van der Waals surface area contributed by atoms with Crippen LogP contribution < -0.4 is 5.73 Å². The summed E-state index contributed by atoms with van der Waals surface area (Å²) >= 11 is 0. The van der Waals surface area contributed by atoms with Gasteiger partial charge in [-0.05, 0) is 32.6 Å². The fraction of sp³-hybridized carbons (Fsp3) is 1.00. The second kappa shape index (κ2) is 6.42. The molecule has 2 N–H and O–H groups in total. The van der Waals surface area contributed by atoms with Crippen LogP contribution in [0, 0.1) is 5.92 Å². The Labute approximate surface area is 84.1 Å². The molecule has 0 amide bonds. The van der Waals surface area contributed by atoms with E-state index in [1.807, 2.05) is 0 Å². The van der Waals surface area contributed by atoms with E-state index >= 15 is 0 Å². The lowest BCUT2D eigenvalue weighted by Crippen LogP contribution is -2.40. The number of hydrogen-bond acceptors (Lipinski definition) is 1. The highest BCUT2D eigenvalue weighted by molar-refractivity contribution is 4.81. The van der Waals surface area contributed by atoms with Gasteiger partial charge in [-0.1, -0.05) is 39.5 Å². The number of unbranched alkanes of at least 4 members (excludes halogenated alkanes) is 2. The van der Waals surface area contributed by atoms with Crippen LogP contribution in [0.1, 0.15) is 66.2 Å². The normalized spacial score (nSPS) is 12.5. The molecule has 0 aliphatic heterocycles. The molecule has 0 saturated heterocycles. The minimum atomic E-state index is 0.0182. The molecule has 1 heteroatoms. The molecule has 0 unspecified atom stereocenters. The van der Waals surface area contributed by atoms with Crippen LogP contribution in [-0.4, -0.2) is 5.54 Å². The van der Waals surface area contributed by atoms with Crippen molar-refractivity contribution in [1.82, 2.24) is 0 Å². The third kappa shape index (κ3) is 6.09. The van der Waals surface area contributed by atoms with Gasteiger partial charge in [0.05, 0.1) is 0 Å². The first-order chi connectivity index (χ1) is 6.02. The van der Waals surface area contributed by atoms with Crippen molar-refractivity contribution in [3.05, 3.63) is 0 Å². The van der Waals surface area contributed by atoms with Crippen LogP contribution in [0.4, 0.5) is 0 Å². The van der Waals surface area contributed by atoms with E-state index in [4.69, 9.17) is 5.73 Å². The minimum absolute atomic E-state index is 0.0182. The topological polar surface area (TPSA) is 26.0 Å². The maximum Gasteiger partial charge on any atom is 0.0125 e. The zero-order valence-electron chi connectivity index (χ0n) is 9.90. The van der Waals surface area contributed by atoms with Gasteiger partial charge >= 0.3 is 0 Å². The van der Waals surface area contributed by atoms with Crippen LogP contribution in [-0.2, 0) is 0 Å². The Bertz CT molecular complexity index is 105. The Morgan fingerprint density at radius 1 is 1.00 bits per heavy atom. The average Bonchev–Trinajstić information content (AvgIpc) is 2.02. The van der Waals surface area contributed by atoms with Crippen molar-refractivity contribution in [1.29, 1.82) is 0 Å². The molecule has 0 aliphatic rings. The van der Waals surface area contributed by atoms with Crippen LogP contribution in [0.3, 0.4) is 0 Å². The molecule has 0 aliphatic carbocycles. The zero-order chi connectivity index (χ0) is 10.3. The largest absolute Gasteiger partial charge is 0.325 e. The van der Waals surface area contributed by atoms with E-state index in [1.54, 1.807) is 0 Å². The Morgan fingerprint density at radius 2 is 1.38 bits per heavy atom. The molecular weight excluding hydrogens is 158 g/mol. The first-order valence-electron chi connectivity index (χ1n) is 5.81. The maximum absolute atomic E-state index is 6.16. The van der Waals surface area contributed by atoms with Gasteiger partial charge in [0.2, 0.25) is 0 Å². The van der Waals surface area contributed by atoms with Gasteiger partial charge in [0.25, 0.3) is 0 Å². The third-order valence-electron chi connectivity index (χ3n) is 2.86. The third-order valence-corrected chi connectivity index (χ3v) is 2.86. The van der Waals surface area contributed by atoms with Gasteiger partial charge in [-0.25, -0.2) is 0 Å². The SMILES string of the molecule is CCCCC(CCCC)C(C)(C)N. The summed E-state index contributed by atoms with van der Waals surface area (Å²) in [6.45, 7) is 8.84. The van der Waals surface area contributed by atoms with Crippen molar-refractivity contribution >= 4 is 0 Å². The van der Waals surface area contributed by atoms with Crippen LogP contribution in [0.15, 0.2) is 0 Å². The van der Waals surface area contributed by atoms with Gasteiger partial charge in [0.1, 0.15) is 0 Å². The highest BCUT2D eigenvalue weighted by Crippen LogP contribution is 2.25. The van der Waals surface area contributed by atoms with Gasteiger partial charge in [-0.15, -0.1) is 0 Å². The van der Waals surface area contributed by atoms with E-state index in [9.17, 15) is 0 Å². The molecule has 0 heterocycles. The molecule has 0 fully saturated rings. The second-order valence-corrected chi connectivity index (χ2v) is 4.80. The van der Waals surface area contributed by atoms with E-state index in [-0.39, 0.29) is 5.54 Å². The molecule has 0 aromatic heterocycles. The number of hydrogen-bond donors (Lipinski definition) is 1. The Morgan fingerprint density at radius 3 is 1.62 bits per heavy atom. The molecule has 0 rings (SSSR count). The second-order valence-electron chi connectivity index (χ2n) is 4.80. The van der Waals surface area contributed by atoms with Crippen molar-refractivity contribution in [3.63, 3.8) is 0 Å². The molecule has 0 spiro atoms. The number of rotatable bonds is 7. The molecule has 80 valence electrons.